The molecule has 1 N–H and O–H groups in total. The summed E-state index contributed by atoms with van der Waals surface area (Å²) >= 11 is 0. The molecule has 0 saturated heterocycles. The number of carbonyl (C=O) groups is 3. The Hall–Kier alpha value is -3.04. The molecular weight excluding hydrogens is 406 g/mol. The number of nitrogens with one attached hydrogen (secondary N) is 1. The number of anilines is 1. The van der Waals surface area contributed by atoms with Gasteiger partial charge in [0, 0.05) is 31.7 Å². The predicted octanol–water partition coefficient (Wildman–Crippen LogP) is 2.34. The highest BCUT2D eigenvalue weighted by Gasteiger charge is 2.34. The van der Waals surface area contributed by atoms with E-state index in [0.717, 1.165) is 4.90 Å². The molecule has 0 bridgehead atoms. The van der Waals surface area contributed by atoms with Crippen molar-refractivity contribution in [3.05, 3.63) is 59.7 Å². The van der Waals surface area contributed by atoms with Crippen LogP contribution in [0.5, 0.6) is 0 Å². The van der Waals surface area contributed by atoms with Crippen molar-refractivity contribution in [2.45, 2.75) is 25.2 Å². The second-order valence-corrected chi connectivity index (χ2v) is 8.66. The van der Waals surface area contributed by atoms with E-state index < -0.39 is 21.8 Å². The van der Waals surface area contributed by atoms with Gasteiger partial charge in [-0.25, -0.2) is 8.42 Å². The normalized spacial score (nSPS) is 13.6. The number of benzene rings is 2. The van der Waals surface area contributed by atoms with E-state index >= 15 is 0 Å². The van der Waals surface area contributed by atoms with E-state index in [-0.39, 0.29) is 23.8 Å². The average molecular weight is 429 g/mol. The number of hydrogen-bond acceptors (Lipinski definition) is 5. The van der Waals surface area contributed by atoms with Crippen molar-refractivity contribution in [1.82, 2.24) is 9.21 Å². The second-order valence-electron chi connectivity index (χ2n) is 6.72. The molecule has 30 heavy (non-hydrogen) atoms. The van der Waals surface area contributed by atoms with Crippen LogP contribution in [0.1, 0.15) is 41.0 Å². The number of amides is 3. The molecule has 2 aromatic rings. The fourth-order valence-electron chi connectivity index (χ4n) is 3.30. The highest BCUT2D eigenvalue weighted by atomic mass is 32.2. The van der Waals surface area contributed by atoms with Gasteiger partial charge >= 0.3 is 0 Å². The molecule has 0 unspecified atom stereocenters. The fraction of sp³-hybridized carbons (Fsp3) is 0.286. The van der Waals surface area contributed by atoms with Crippen molar-refractivity contribution in [1.29, 1.82) is 0 Å². The molecule has 1 aliphatic heterocycles. The van der Waals surface area contributed by atoms with Crippen molar-refractivity contribution in [3.8, 4) is 0 Å². The zero-order chi connectivity index (χ0) is 21.9. The number of hydrogen-bond donors (Lipinski definition) is 1. The predicted molar refractivity (Wildman–Crippen MR) is 112 cm³/mol. The minimum Gasteiger partial charge on any atom is -0.326 e. The zero-order valence-electron chi connectivity index (χ0n) is 16.8. The summed E-state index contributed by atoms with van der Waals surface area (Å²) in [6.07, 6.45) is -0.0645. The fourth-order valence-corrected chi connectivity index (χ4v) is 4.76. The molecule has 3 amide bonds. The van der Waals surface area contributed by atoms with E-state index in [1.807, 2.05) is 0 Å². The van der Waals surface area contributed by atoms with Crippen molar-refractivity contribution < 1.29 is 22.8 Å². The lowest BCUT2D eigenvalue weighted by atomic mass is 10.1. The monoisotopic (exact) mass is 429 g/mol. The topological polar surface area (TPSA) is 104 Å². The van der Waals surface area contributed by atoms with Crippen molar-refractivity contribution in [3.63, 3.8) is 0 Å². The van der Waals surface area contributed by atoms with Crippen LogP contribution in [0.3, 0.4) is 0 Å². The van der Waals surface area contributed by atoms with Gasteiger partial charge in [-0.15, -0.1) is 0 Å². The van der Waals surface area contributed by atoms with Gasteiger partial charge in [-0.05, 0) is 36.4 Å². The Balaban J connectivity index is 1.60. The van der Waals surface area contributed by atoms with E-state index in [1.165, 1.54) is 28.6 Å². The molecule has 1 aliphatic rings. The van der Waals surface area contributed by atoms with Crippen LogP contribution in [0.4, 0.5) is 5.69 Å². The smallest absolute Gasteiger partial charge is 0.261 e. The van der Waals surface area contributed by atoms with Gasteiger partial charge in [0.25, 0.3) is 11.8 Å². The minimum atomic E-state index is -3.57. The summed E-state index contributed by atoms with van der Waals surface area (Å²) in [5.41, 5.74) is 1.11. The lowest BCUT2D eigenvalue weighted by Gasteiger charge is -2.18. The molecule has 0 aromatic heterocycles. The van der Waals surface area contributed by atoms with E-state index in [0.29, 0.717) is 29.9 Å². The molecule has 8 nitrogen and oxygen atoms in total. The van der Waals surface area contributed by atoms with Gasteiger partial charge < -0.3 is 5.32 Å². The molecule has 1 heterocycles. The number of sulfonamides is 1. The van der Waals surface area contributed by atoms with Crippen LogP contribution >= 0.6 is 0 Å². The Morgan fingerprint density at radius 2 is 1.47 bits per heavy atom. The zero-order valence-corrected chi connectivity index (χ0v) is 17.6. The number of rotatable bonds is 8. The van der Waals surface area contributed by atoms with Crippen molar-refractivity contribution in [2.75, 3.05) is 25.0 Å². The summed E-state index contributed by atoms with van der Waals surface area (Å²) in [6.45, 7) is 4.24. The SMILES string of the molecule is CCN(CC)S(=O)(=O)c1ccc(NC(=O)CCN2C(=O)c3ccccc3C2=O)cc1. The van der Waals surface area contributed by atoms with Crippen molar-refractivity contribution in [2.24, 2.45) is 0 Å². The molecule has 158 valence electrons. The van der Waals surface area contributed by atoms with E-state index in [9.17, 15) is 22.8 Å². The van der Waals surface area contributed by atoms with Gasteiger partial charge in [0.2, 0.25) is 15.9 Å². The summed E-state index contributed by atoms with van der Waals surface area (Å²) in [5.74, 6) is -1.20. The van der Waals surface area contributed by atoms with Gasteiger partial charge in [-0.2, -0.15) is 4.31 Å². The molecular formula is C21H23N3O5S. The van der Waals surface area contributed by atoms with E-state index in [2.05, 4.69) is 5.32 Å². The minimum absolute atomic E-state index is 0.0351. The van der Waals surface area contributed by atoms with Gasteiger partial charge in [0.15, 0.2) is 0 Å². The standard InChI is InChI=1S/C21H23N3O5S/c1-3-23(4-2)30(28,29)16-11-9-15(10-12-16)22-19(25)13-14-24-20(26)17-7-5-6-8-18(17)21(24)27/h5-12H,3-4,13-14H2,1-2H3,(H,22,25). The first-order chi connectivity index (χ1) is 14.3. The van der Waals surface area contributed by atoms with Gasteiger partial charge in [-0.3, -0.25) is 19.3 Å². The average Bonchev–Trinajstić information content (AvgIpc) is 2.98. The van der Waals surface area contributed by atoms with E-state index in [4.69, 9.17) is 0 Å². The summed E-state index contributed by atoms with van der Waals surface area (Å²) in [6, 6.07) is 12.4. The molecule has 0 aliphatic carbocycles. The third kappa shape index (κ3) is 4.12. The molecule has 0 saturated carbocycles. The maximum atomic E-state index is 12.5. The maximum absolute atomic E-state index is 12.5. The first-order valence-electron chi connectivity index (χ1n) is 9.64. The largest absolute Gasteiger partial charge is 0.326 e. The number of carbonyl (C=O) groups excluding carboxylic acids is 3. The van der Waals surface area contributed by atoms with Crippen LogP contribution in [-0.4, -0.2) is 55.0 Å². The van der Waals surface area contributed by atoms with E-state index in [1.54, 1.807) is 38.1 Å². The summed E-state index contributed by atoms with van der Waals surface area (Å²) in [7, 11) is -3.57. The molecule has 0 fully saturated rings. The lowest BCUT2D eigenvalue weighted by molar-refractivity contribution is -0.116. The number of nitrogens with zero attached hydrogens (tertiary/aromatic N) is 2. The van der Waals surface area contributed by atoms with Crippen LogP contribution in [-0.2, 0) is 14.8 Å². The Morgan fingerprint density at radius 1 is 0.933 bits per heavy atom. The molecule has 0 atom stereocenters. The quantitative estimate of drug-likeness (QED) is 0.649. The first-order valence-corrected chi connectivity index (χ1v) is 11.1. The summed E-state index contributed by atoms with van der Waals surface area (Å²) in [5, 5.41) is 2.66. The molecule has 3 rings (SSSR count). The number of fused-ring (bicyclic) bond motifs is 1. The summed E-state index contributed by atoms with van der Waals surface area (Å²) < 4.78 is 26.4. The molecule has 9 heteroatoms. The highest BCUT2D eigenvalue weighted by molar-refractivity contribution is 7.89. The van der Waals surface area contributed by atoms with Crippen LogP contribution in [0.25, 0.3) is 0 Å². The van der Waals surface area contributed by atoms with Crippen LogP contribution in [0.2, 0.25) is 0 Å². The third-order valence-electron chi connectivity index (χ3n) is 4.92. The first kappa shape index (κ1) is 21.7. The maximum Gasteiger partial charge on any atom is 0.261 e. The molecule has 2 aromatic carbocycles. The highest BCUT2D eigenvalue weighted by Crippen LogP contribution is 2.23. The van der Waals surface area contributed by atoms with Crippen LogP contribution < -0.4 is 5.32 Å². The Labute approximate surface area is 175 Å². The van der Waals surface area contributed by atoms with Crippen LogP contribution in [0, 0.1) is 0 Å². The van der Waals surface area contributed by atoms with Gasteiger partial charge in [-0.1, -0.05) is 26.0 Å². The lowest BCUT2D eigenvalue weighted by Crippen LogP contribution is -2.32. The van der Waals surface area contributed by atoms with Gasteiger partial charge in [0.05, 0.1) is 16.0 Å². The Kier molecular flexibility index (Phi) is 6.33. The summed E-state index contributed by atoms with van der Waals surface area (Å²) in [4.78, 5) is 38.1. The van der Waals surface area contributed by atoms with Crippen molar-refractivity contribution >= 4 is 33.4 Å². The molecule has 0 radical (unpaired) electrons. The molecule has 0 spiro atoms. The third-order valence-corrected chi connectivity index (χ3v) is 6.99. The number of imide groups is 1. The Morgan fingerprint density at radius 3 is 1.97 bits per heavy atom. The van der Waals surface area contributed by atoms with Crippen LogP contribution in [0.15, 0.2) is 53.4 Å². The Bertz CT molecular complexity index is 1040. The van der Waals surface area contributed by atoms with Gasteiger partial charge in [0.1, 0.15) is 0 Å². The second kappa shape index (κ2) is 8.76.